The molecule has 2 N–H and O–H groups in total. The molecule has 0 unspecified atom stereocenters. The van der Waals surface area contributed by atoms with Gasteiger partial charge in [-0.15, -0.1) is 0 Å². The lowest BCUT2D eigenvalue weighted by Crippen LogP contribution is -2.41. The Morgan fingerprint density at radius 3 is 2.50 bits per heavy atom. The Labute approximate surface area is 168 Å². The fraction of sp³-hybridized carbons (Fsp3) is 0.400. The summed E-state index contributed by atoms with van der Waals surface area (Å²) in [5.74, 6) is -0.339. The van der Waals surface area contributed by atoms with Gasteiger partial charge < -0.3 is 20.1 Å². The summed E-state index contributed by atoms with van der Waals surface area (Å²) in [6, 6.07) is 7.11. The number of thiophene rings is 1. The van der Waals surface area contributed by atoms with Gasteiger partial charge in [-0.05, 0) is 60.5 Å². The summed E-state index contributed by atoms with van der Waals surface area (Å²) < 4.78 is 10.4. The van der Waals surface area contributed by atoms with E-state index < -0.39 is 11.8 Å². The number of benzene rings is 1. The van der Waals surface area contributed by atoms with Gasteiger partial charge in [-0.25, -0.2) is 0 Å². The minimum Gasteiger partial charge on any atom is -0.493 e. The Hall–Kier alpha value is -2.58. The molecule has 8 heteroatoms. The van der Waals surface area contributed by atoms with Gasteiger partial charge in [-0.2, -0.15) is 11.3 Å². The van der Waals surface area contributed by atoms with Gasteiger partial charge in [0.1, 0.15) is 0 Å². The molecule has 0 spiro atoms. The average Bonchev–Trinajstić information content (AvgIpc) is 3.42. The molecular weight excluding hydrogens is 378 g/mol. The van der Waals surface area contributed by atoms with E-state index in [1.165, 1.54) is 19.8 Å². The van der Waals surface area contributed by atoms with Crippen molar-refractivity contribution in [2.75, 3.05) is 39.2 Å². The molecule has 1 fully saturated rings. The minimum atomic E-state index is -0.710. The van der Waals surface area contributed by atoms with Gasteiger partial charge in [0.15, 0.2) is 11.5 Å². The molecule has 150 valence electrons. The van der Waals surface area contributed by atoms with Gasteiger partial charge in [-0.3, -0.25) is 14.5 Å². The highest BCUT2D eigenvalue weighted by Crippen LogP contribution is 2.30. The highest BCUT2D eigenvalue weighted by Gasteiger charge is 2.25. The number of anilines is 1. The van der Waals surface area contributed by atoms with Crippen molar-refractivity contribution in [2.24, 2.45) is 0 Å². The molecule has 1 aromatic carbocycles. The molecule has 3 rings (SSSR count). The van der Waals surface area contributed by atoms with Crippen molar-refractivity contribution in [3.05, 3.63) is 40.6 Å². The lowest BCUT2D eigenvalue weighted by molar-refractivity contribution is -0.136. The fourth-order valence-corrected chi connectivity index (χ4v) is 4.05. The van der Waals surface area contributed by atoms with Gasteiger partial charge in [-0.1, -0.05) is 0 Å². The standard InChI is InChI=1S/C20H25N3O4S/c1-26-17-6-5-15(11-18(17)27-2)22-20(25)19(24)21-12-16(14-7-10-28-13-14)23-8-3-4-9-23/h5-7,10-11,13,16H,3-4,8-9,12H2,1-2H3,(H,21,24)(H,22,25)/t16-/m0/s1. The van der Waals surface area contributed by atoms with Gasteiger partial charge >= 0.3 is 11.8 Å². The van der Waals surface area contributed by atoms with E-state index >= 15 is 0 Å². The predicted molar refractivity (Wildman–Crippen MR) is 109 cm³/mol. The monoisotopic (exact) mass is 403 g/mol. The van der Waals surface area contributed by atoms with Crippen LogP contribution in [0.2, 0.25) is 0 Å². The maximum Gasteiger partial charge on any atom is 0.313 e. The van der Waals surface area contributed by atoms with Crippen LogP contribution in [0.1, 0.15) is 24.4 Å². The van der Waals surface area contributed by atoms with Crippen LogP contribution < -0.4 is 20.1 Å². The van der Waals surface area contributed by atoms with Gasteiger partial charge in [0.25, 0.3) is 0 Å². The number of likely N-dealkylation sites (tertiary alicyclic amines) is 1. The van der Waals surface area contributed by atoms with Crippen LogP contribution in [0, 0.1) is 0 Å². The summed E-state index contributed by atoms with van der Waals surface area (Å²) in [5, 5.41) is 9.50. The van der Waals surface area contributed by atoms with Crippen LogP contribution in [-0.2, 0) is 9.59 Å². The van der Waals surface area contributed by atoms with E-state index in [-0.39, 0.29) is 6.04 Å². The first-order chi connectivity index (χ1) is 13.6. The zero-order chi connectivity index (χ0) is 19.9. The first kappa shape index (κ1) is 20.2. The third-order valence-electron chi connectivity index (χ3n) is 4.81. The van der Waals surface area contributed by atoms with Gasteiger partial charge in [0, 0.05) is 18.3 Å². The van der Waals surface area contributed by atoms with Gasteiger partial charge in [0.05, 0.1) is 20.3 Å². The molecule has 1 atom stereocenters. The molecule has 28 heavy (non-hydrogen) atoms. The van der Waals surface area contributed by atoms with Crippen LogP contribution in [0.5, 0.6) is 11.5 Å². The number of methoxy groups -OCH3 is 2. The summed E-state index contributed by atoms with van der Waals surface area (Å²) in [4.78, 5) is 27.0. The molecule has 7 nitrogen and oxygen atoms in total. The number of hydrogen-bond acceptors (Lipinski definition) is 6. The number of rotatable bonds is 7. The summed E-state index contributed by atoms with van der Waals surface area (Å²) in [5.41, 5.74) is 1.64. The molecule has 0 aliphatic carbocycles. The van der Waals surface area contributed by atoms with Crippen molar-refractivity contribution in [1.29, 1.82) is 0 Å². The van der Waals surface area contributed by atoms with Crippen LogP contribution in [0.3, 0.4) is 0 Å². The summed E-state index contributed by atoms with van der Waals surface area (Å²) in [6.07, 6.45) is 2.32. The molecule has 1 aromatic heterocycles. The van der Waals surface area contributed by atoms with E-state index in [1.54, 1.807) is 29.5 Å². The third kappa shape index (κ3) is 4.82. The topological polar surface area (TPSA) is 79.9 Å². The molecule has 2 aromatic rings. The Morgan fingerprint density at radius 1 is 1.11 bits per heavy atom. The van der Waals surface area contributed by atoms with Gasteiger partial charge in [0.2, 0.25) is 0 Å². The molecule has 2 heterocycles. The number of ether oxygens (including phenoxy) is 2. The molecule has 0 radical (unpaired) electrons. The Bertz CT molecular complexity index is 804. The Balaban J connectivity index is 1.59. The first-order valence-electron chi connectivity index (χ1n) is 9.19. The number of carbonyl (C=O) groups excluding carboxylic acids is 2. The zero-order valence-electron chi connectivity index (χ0n) is 16.1. The van der Waals surface area contributed by atoms with Crippen molar-refractivity contribution >= 4 is 28.8 Å². The number of nitrogens with zero attached hydrogens (tertiary/aromatic N) is 1. The largest absolute Gasteiger partial charge is 0.493 e. The van der Waals surface area contributed by atoms with Crippen molar-refractivity contribution in [3.8, 4) is 11.5 Å². The molecule has 2 amide bonds. The normalized spacial score (nSPS) is 15.1. The summed E-state index contributed by atoms with van der Waals surface area (Å²) >= 11 is 1.63. The van der Waals surface area contributed by atoms with Crippen LogP contribution in [0.15, 0.2) is 35.0 Å². The summed E-state index contributed by atoms with van der Waals surface area (Å²) in [7, 11) is 3.05. The minimum absolute atomic E-state index is 0.0894. The van der Waals surface area contributed by atoms with Crippen LogP contribution >= 0.6 is 11.3 Å². The number of amides is 2. The SMILES string of the molecule is COc1ccc(NC(=O)C(=O)NC[C@@H](c2ccsc2)N2CCCC2)cc1OC. The van der Waals surface area contributed by atoms with E-state index in [4.69, 9.17) is 9.47 Å². The van der Waals surface area contributed by atoms with Crippen LogP contribution in [0.25, 0.3) is 0 Å². The lowest BCUT2D eigenvalue weighted by Gasteiger charge is -2.27. The third-order valence-corrected chi connectivity index (χ3v) is 5.51. The van der Waals surface area contributed by atoms with E-state index in [9.17, 15) is 9.59 Å². The lowest BCUT2D eigenvalue weighted by atomic mass is 10.1. The molecule has 1 saturated heterocycles. The predicted octanol–water partition coefficient (Wildman–Crippen LogP) is 2.66. The highest BCUT2D eigenvalue weighted by atomic mass is 32.1. The van der Waals surface area contributed by atoms with E-state index in [1.807, 2.05) is 5.38 Å². The Kier molecular flexibility index (Phi) is 6.89. The van der Waals surface area contributed by atoms with E-state index in [0.717, 1.165) is 25.9 Å². The number of hydrogen-bond donors (Lipinski definition) is 2. The Morgan fingerprint density at radius 2 is 1.86 bits per heavy atom. The van der Waals surface area contributed by atoms with Crippen molar-refractivity contribution in [3.63, 3.8) is 0 Å². The summed E-state index contributed by atoms with van der Waals surface area (Å²) in [6.45, 7) is 2.41. The average molecular weight is 404 g/mol. The molecular formula is C20H25N3O4S. The van der Waals surface area contributed by atoms with Crippen molar-refractivity contribution in [2.45, 2.75) is 18.9 Å². The first-order valence-corrected chi connectivity index (χ1v) is 10.1. The molecule has 1 aliphatic rings. The molecule has 1 aliphatic heterocycles. The van der Waals surface area contributed by atoms with Crippen molar-refractivity contribution < 1.29 is 19.1 Å². The maximum absolute atomic E-state index is 12.3. The highest BCUT2D eigenvalue weighted by molar-refractivity contribution is 7.08. The van der Waals surface area contributed by atoms with Crippen LogP contribution in [0.4, 0.5) is 5.69 Å². The smallest absolute Gasteiger partial charge is 0.313 e. The van der Waals surface area contributed by atoms with E-state index in [0.29, 0.717) is 23.7 Å². The quantitative estimate of drug-likeness (QED) is 0.695. The van der Waals surface area contributed by atoms with Crippen LogP contribution in [-0.4, -0.2) is 50.6 Å². The van der Waals surface area contributed by atoms with E-state index in [2.05, 4.69) is 27.0 Å². The molecule has 0 saturated carbocycles. The van der Waals surface area contributed by atoms with Crippen molar-refractivity contribution in [1.82, 2.24) is 10.2 Å². The molecule has 0 bridgehead atoms. The number of carbonyl (C=O) groups is 2. The second-order valence-corrected chi connectivity index (χ2v) is 7.33. The zero-order valence-corrected chi connectivity index (χ0v) is 16.9. The second kappa shape index (κ2) is 9.57. The maximum atomic E-state index is 12.3. The fourth-order valence-electron chi connectivity index (χ4n) is 3.35. The number of nitrogens with one attached hydrogen (secondary N) is 2. The second-order valence-electron chi connectivity index (χ2n) is 6.55.